The minimum Gasteiger partial charge on any atom is -0.375 e. The summed E-state index contributed by atoms with van der Waals surface area (Å²) in [4.78, 5) is 0. The standard InChI is InChI=1S/C13H19ClN2O/c14-12-3-1-11(2-4-12)9-17-10-13(15)5-7-16-8-6-13/h1-4,16H,5-10,15H2. The molecule has 0 radical (unpaired) electrons. The molecule has 1 heterocycles. The first kappa shape index (κ1) is 12.8. The minimum atomic E-state index is -0.155. The Morgan fingerprint density at radius 3 is 2.53 bits per heavy atom. The summed E-state index contributed by atoms with van der Waals surface area (Å²) in [5, 5.41) is 4.06. The lowest BCUT2D eigenvalue weighted by molar-refractivity contribution is 0.0603. The molecule has 17 heavy (non-hydrogen) atoms. The molecule has 2 rings (SSSR count). The Hall–Kier alpha value is -0.610. The van der Waals surface area contributed by atoms with Crippen LogP contribution < -0.4 is 11.1 Å². The molecule has 1 aromatic carbocycles. The van der Waals surface area contributed by atoms with Crippen LogP contribution >= 0.6 is 11.6 Å². The van der Waals surface area contributed by atoms with E-state index >= 15 is 0 Å². The lowest BCUT2D eigenvalue weighted by Gasteiger charge is -2.33. The maximum Gasteiger partial charge on any atom is 0.0717 e. The maximum absolute atomic E-state index is 6.26. The summed E-state index contributed by atoms with van der Waals surface area (Å²) in [6.45, 7) is 3.20. The van der Waals surface area contributed by atoms with Gasteiger partial charge in [-0.1, -0.05) is 23.7 Å². The average molecular weight is 255 g/mol. The summed E-state index contributed by atoms with van der Waals surface area (Å²) >= 11 is 5.82. The highest BCUT2D eigenvalue weighted by molar-refractivity contribution is 6.30. The zero-order valence-corrected chi connectivity index (χ0v) is 10.7. The van der Waals surface area contributed by atoms with E-state index in [1.807, 2.05) is 24.3 Å². The van der Waals surface area contributed by atoms with Crippen molar-refractivity contribution in [3.05, 3.63) is 34.9 Å². The fourth-order valence-electron chi connectivity index (χ4n) is 2.02. The molecule has 0 aliphatic carbocycles. The molecular weight excluding hydrogens is 236 g/mol. The monoisotopic (exact) mass is 254 g/mol. The number of nitrogens with one attached hydrogen (secondary N) is 1. The molecule has 94 valence electrons. The van der Waals surface area contributed by atoms with Gasteiger partial charge in [0, 0.05) is 10.6 Å². The normalized spacial score (nSPS) is 19.2. The maximum atomic E-state index is 6.26. The van der Waals surface area contributed by atoms with Crippen LogP contribution in [0.2, 0.25) is 5.02 Å². The second-order valence-electron chi connectivity index (χ2n) is 4.73. The van der Waals surface area contributed by atoms with Crippen LogP contribution in [0.15, 0.2) is 24.3 Å². The second kappa shape index (κ2) is 5.83. The molecule has 0 aromatic heterocycles. The third-order valence-corrected chi connectivity index (χ3v) is 3.42. The third kappa shape index (κ3) is 3.96. The van der Waals surface area contributed by atoms with Gasteiger partial charge in [-0.2, -0.15) is 0 Å². The fourth-order valence-corrected chi connectivity index (χ4v) is 2.15. The van der Waals surface area contributed by atoms with Gasteiger partial charge < -0.3 is 15.8 Å². The van der Waals surface area contributed by atoms with Crippen molar-refractivity contribution in [3.63, 3.8) is 0 Å². The van der Waals surface area contributed by atoms with E-state index in [-0.39, 0.29) is 5.54 Å². The van der Waals surface area contributed by atoms with Crippen LogP contribution in [-0.2, 0) is 11.3 Å². The predicted octanol–water partition coefficient (Wildman–Crippen LogP) is 1.94. The summed E-state index contributed by atoms with van der Waals surface area (Å²) in [7, 11) is 0. The van der Waals surface area contributed by atoms with E-state index in [4.69, 9.17) is 22.1 Å². The summed E-state index contributed by atoms with van der Waals surface area (Å²) in [6.07, 6.45) is 1.96. The second-order valence-corrected chi connectivity index (χ2v) is 5.17. The van der Waals surface area contributed by atoms with Crippen molar-refractivity contribution in [2.24, 2.45) is 5.73 Å². The number of piperidine rings is 1. The van der Waals surface area contributed by atoms with Gasteiger partial charge in [-0.05, 0) is 43.6 Å². The third-order valence-electron chi connectivity index (χ3n) is 3.17. The van der Waals surface area contributed by atoms with E-state index in [2.05, 4.69) is 5.32 Å². The molecule has 1 saturated heterocycles. The van der Waals surface area contributed by atoms with Gasteiger partial charge in [0.25, 0.3) is 0 Å². The first-order valence-electron chi connectivity index (χ1n) is 6.00. The van der Waals surface area contributed by atoms with Crippen LogP contribution in [0.4, 0.5) is 0 Å². The number of hydrogen-bond donors (Lipinski definition) is 2. The molecule has 0 amide bonds. The lowest BCUT2D eigenvalue weighted by Crippen LogP contribution is -2.52. The van der Waals surface area contributed by atoms with E-state index in [0.717, 1.165) is 36.5 Å². The van der Waals surface area contributed by atoms with Gasteiger partial charge in [-0.3, -0.25) is 0 Å². The van der Waals surface area contributed by atoms with Crippen molar-refractivity contribution in [1.82, 2.24) is 5.32 Å². The molecule has 0 saturated carbocycles. The molecule has 4 heteroatoms. The molecule has 3 nitrogen and oxygen atoms in total. The van der Waals surface area contributed by atoms with Gasteiger partial charge in [0.05, 0.1) is 13.2 Å². The predicted molar refractivity (Wildman–Crippen MR) is 70.1 cm³/mol. The number of nitrogens with two attached hydrogens (primary N) is 1. The van der Waals surface area contributed by atoms with E-state index in [1.54, 1.807) is 0 Å². The van der Waals surface area contributed by atoms with Crippen LogP contribution in [0, 0.1) is 0 Å². The Balaban J connectivity index is 1.77. The summed E-state index contributed by atoms with van der Waals surface area (Å²) < 4.78 is 5.71. The molecular formula is C13H19ClN2O. The molecule has 0 spiro atoms. The molecule has 0 unspecified atom stereocenters. The molecule has 0 bridgehead atoms. The van der Waals surface area contributed by atoms with Crippen LogP contribution in [0.25, 0.3) is 0 Å². The van der Waals surface area contributed by atoms with Crippen molar-refractivity contribution < 1.29 is 4.74 Å². The number of halogens is 1. The van der Waals surface area contributed by atoms with Crippen LogP contribution in [0.1, 0.15) is 18.4 Å². The van der Waals surface area contributed by atoms with Gasteiger partial charge >= 0.3 is 0 Å². The average Bonchev–Trinajstić information content (AvgIpc) is 2.32. The first-order chi connectivity index (χ1) is 8.18. The molecule has 3 N–H and O–H groups in total. The fraction of sp³-hybridized carbons (Fsp3) is 0.538. The quantitative estimate of drug-likeness (QED) is 0.863. The Bertz CT molecular complexity index is 347. The highest BCUT2D eigenvalue weighted by Crippen LogP contribution is 2.16. The number of rotatable bonds is 4. The van der Waals surface area contributed by atoms with Crippen LogP contribution in [0.3, 0.4) is 0 Å². The summed E-state index contributed by atoms with van der Waals surface area (Å²) in [6, 6.07) is 7.72. The minimum absolute atomic E-state index is 0.155. The van der Waals surface area contributed by atoms with Crippen molar-refractivity contribution in [2.45, 2.75) is 25.0 Å². The van der Waals surface area contributed by atoms with Gasteiger partial charge in [0.2, 0.25) is 0 Å². The number of ether oxygens (including phenoxy) is 1. The van der Waals surface area contributed by atoms with Crippen molar-refractivity contribution in [3.8, 4) is 0 Å². The lowest BCUT2D eigenvalue weighted by atomic mass is 9.91. The first-order valence-corrected chi connectivity index (χ1v) is 6.38. The SMILES string of the molecule is NC1(COCc2ccc(Cl)cc2)CCNCC1. The van der Waals surface area contributed by atoms with Crippen molar-refractivity contribution in [2.75, 3.05) is 19.7 Å². The molecule has 1 fully saturated rings. The Labute approximate surface area is 107 Å². The zero-order valence-electron chi connectivity index (χ0n) is 9.92. The molecule has 1 aliphatic heterocycles. The summed E-state index contributed by atoms with van der Waals surface area (Å²) in [5.74, 6) is 0. The van der Waals surface area contributed by atoms with Crippen LogP contribution in [0.5, 0.6) is 0 Å². The zero-order chi connectivity index (χ0) is 12.1. The highest BCUT2D eigenvalue weighted by atomic mass is 35.5. The smallest absolute Gasteiger partial charge is 0.0717 e. The molecule has 1 aromatic rings. The van der Waals surface area contributed by atoms with Crippen LogP contribution in [-0.4, -0.2) is 25.2 Å². The van der Waals surface area contributed by atoms with Crippen molar-refractivity contribution in [1.29, 1.82) is 0 Å². The van der Waals surface area contributed by atoms with Crippen molar-refractivity contribution >= 4 is 11.6 Å². The van der Waals surface area contributed by atoms with E-state index < -0.39 is 0 Å². The topological polar surface area (TPSA) is 47.3 Å². The van der Waals surface area contributed by atoms with E-state index in [0.29, 0.717) is 13.2 Å². The molecule has 0 atom stereocenters. The van der Waals surface area contributed by atoms with E-state index in [9.17, 15) is 0 Å². The van der Waals surface area contributed by atoms with Gasteiger partial charge in [-0.25, -0.2) is 0 Å². The summed E-state index contributed by atoms with van der Waals surface area (Å²) in [5.41, 5.74) is 7.24. The Kier molecular flexibility index (Phi) is 4.40. The Morgan fingerprint density at radius 2 is 1.88 bits per heavy atom. The highest BCUT2D eigenvalue weighted by Gasteiger charge is 2.27. The largest absolute Gasteiger partial charge is 0.375 e. The number of hydrogen-bond acceptors (Lipinski definition) is 3. The Morgan fingerprint density at radius 1 is 1.24 bits per heavy atom. The van der Waals surface area contributed by atoms with Gasteiger partial charge in [-0.15, -0.1) is 0 Å². The van der Waals surface area contributed by atoms with Gasteiger partial charge in [0.1, 0.15) is 0 Å². The number of benzene rings is 1. The molecule has 1 aliphatic rings. The van der Waals surface area contributed by atoms with E-state index in [1.165, 1.54) is 0 Å². The van der Waals surface area contributed by atoms with Gasteiger partial charge in [0.15, 0.2) is 0 Å².